The van der Waals surface area contributed by atoms with Crippen molar-refractivity contribution in [2.75, 3.05) is 12.4 Å². The fourth-order valence-corrected chi connectivity index (χ4v) is 2.75. The van der Waals surface area contributed by atoms with Crippen LogP contribution >= 0.6 is 11.3 Å². The Labute approximate surface area is 151 Å². The Bertz CT molecular complexity index is 861. The van der Waals surface area contributed by atoms with E-state index >= 15 is 0 Å². The molecule has 0 spiro atoms. The molecule has 0 fully saturated rings. The van der Waals surface area contributed by atoms with Crippen LogP contribution in [-0.2, 0) is 5.41 Å². The third-order valence-electron chi connectivity index (χ3n) is 3.58. The molecule has 0 aliphatic rings. The standard InChI is InChI=1S/C19H21N3O2S/c1-19(2,3)16-12-21-17(24-16)8-6-13-5-7-15(23-4)14(11-13)22-18-20-9-10-25-18/h5-12H,1-4H3,(H,20,22). The van der Waals surface area contributed by atoms with E-state index < -0.39 is 0 Å². The Balaban J connectivity index is 1.81. The fraction of sp³-hybridized carbons (Fsp3) is 0.263. The van der Waals surface area contributed by atoms with Crippen LogP contribution < -0.4 is 10.1 Å². The highest BCUT2D eigenvalue weighted by molar-refractivity contribution is 7.13. The number of hydrogen-bond acceptors (Lipinski definition) is 6. The van der Waals surface area contributed by atoms with Gasteiger partial charge in [0.15, 0.2) is 5.13 Å². The van der Waals surface area contributed by atoms with E-state index in [9.17, 15) is 0 Å². The molecule has 0 amide bonds. The van der Waals surface area contributed by atoms with Gasteiger partial charge < -0.3 is 14.5 Å². The molecule has 3 rings (SSSR count). The van der Waals surface area contributed by atoms with E-state index in [0.29, 0.717) is 5.89 Å². The molecule has 0 atom stereocenters. The van der Waals surface area contributed by atoms with E-state index in [4.69, 9.17) is 9.15 Å². The van der Waals surface area contributed by atoms with Crippen LogP contribution in [0.25, 0.3) is 12.2 Å². The maximum absolute atomic E-state index is 5.78. The van der Waals surface area contributed by atoms with Crippen molar-refractivity contribution in [2.45, 2.75) is 26.2 Å². The van der Waals surface area contributed by atoms with Crippen molar-refractivity contribution in [3.8, 4) is 5.75 Å². The Morgan fingerprint density at radius 3 is 2.68 bits per heavy atom. The molecular weight excluding hydrogens is 334 g/mol. The summed E-state index contributed by atoms with van der Waals surface area (Å²) in [6, 6.07) is 5.91. The number of hydrogen-bond donors (Lipinski definition) is 1. The van der Waals surface area contributed by atoms with Crippen LogP contribution in [0.2, 0.25) is 0 Å². The lowest BCUT2D eigenvalue weighted by molar-refractivity contribution is 0.403. The quantitative estimate of drug-likeness (QED) is 0.668. The minimum atomic E-state index is -0.0516. The van der Waals surface area contributed by atoms with Gasteiger partial charge in [0.25, 0.3) is 0 Å². The Kier molecular flexibility index (Phi) is 4.90. The predicted molar refractivity (Wildman–Crippen MR) is 103 cm³/mol. The van der Waals surface area contributed by atoms with Crippen molar-refractivity contribution >= 4 is 34.3 Å². The SMILES string of the molecule is COc1ccc(C=Cc2ncc(C(C)(C)C)o2)cc1Nc1nccs1. The summed E-state index contributed by atoms with van der Waals surface area (Å²) in [7, 11) is 1.65. The van der Waals surface area contributed by atoms with Crippen molar-refractivity contribution in [2.24, 2.45) is 0 Å². The first-order chi connectivity index (χ1) is 12.0. The number of rotatable bonds is 5. The highest BCUT2D eigenvalue weighted by Crippen LogP contribution is 2.30. The van der Waals surface area contributed by atoms with E-state index in [1.807, 2.05) is 35.7 Å². The molecule has 2 aromatic heterocycles. The molecule has 0 aliphatic heterocycles. The van der Waals surface area contributed by atoms with Gasteiger partial charge in [0.1, 0.15) is 11.5 Å². The van der Waals surface area contributed by atoms with Gasteiger partial charge in [-0.2, -0.15) is 0 Å². The van der Waals surface area contributed by atoms with Gasteiger partial charge in [-0.15, -0.1) is 11.3 Å². The molecule has 130 valence electrons. The predicted octanol–water partition coefficient (Wildman–Crippen LogP) is 5.35. The van der Waals surface area contributed by atoms with Crippen molar-refractivity contribution in [1.82, 2.24) is 9.97 Å². The highest BCUT2D eigenvalue weighted by Gasteiger charge is 2.18. The van der Waals surface area contributed by atoms with Crippen LogP contribution in [-0.4, -0.2) is 17.1 Å². The van der Waals surface area contributed by atoms with Gasteiger partial charge in [-0.1, -0.05) is 26.8 Å². The number of anilines is 2. The molecule has 6 heteroatoms. The first-order valence-electron chi connectivity index (χ1n) is 7.94. The van der Waals surface area contributed by atoms with Gasteiger partial charge in [-0.25, -0.2) is 9.97 Å². The number of nitrogens with zero attached hydrogens (tertiary/aromatic N) is 2. The van der Waals surface area contributed by atoms with Crippen LogP contribution in [0.1, 0.15) is 38.0 Å². The summed E-state index contributed by atoms with van der Waals surface area (Å²) in [6.07, 6.45) is 7.37. The van der Waals surface area contributed by atoms with Gasteiger partial charge in [0, 0.05) is 23.1 Å². The molecule has 0 saturated carbocycles. The maximum Gasteiger partial charge on any atom is 0.218 e. The topological polar surface area (TPSA) is 60.2 Å². The number of nitrogens with one attached hydrogen (secondary N) is 1. The van der Waals surface area contributed by atoms with Crippen LogP contribution in [0.4, 0.5) is 10.8 Å². The molecule has 1 aromatic carbocycles. The summed E-state index contributed by atoms with van der Waals surface area (Å²) >= 11 is 1.54. The van der Waals surface area contributed by atoms with Gasteiger partial charge >= 0.3 is 0 Å². The van der Waals surface area contributed by atoms with Crippen molar-refractivity contribution in [3.05, 3.63) is 53.2 Å². The van der Waals surface area contributed by atoms with Crippen LogP contribution in [0.3, 0.4) is 0 Å². The molecule has 3 aromatic rings. The largest absolute Gasteiger partial charge is 0.495 e. The monoisotopic (exact) mass is 355 g/mol. The molecule has 2 heterocycles. The summed E-state index contributed by atoms with van der Waals surface area (Å²) in [6.45, 7) is 6.29. The van der Waals surface area contributed by atoms with Gasteiger partial charge in [0.2, 0.25) is 5.89 Å². The third-order valence-corrected chi connectivity index (χ3v) is 4.27. The van der Waals surface area contributed by atoms with Crippen LogP contribution in [0.5, 0.6) is 5.75 Å². The fourth-order valence-electron chi connectivity index (χ4n) is 2.21. The summed E-state index contributed by atoms with van der Waals surface area (Å²) in [5.41, 5.74) is 1.82. The molecule has 0 saturated heterocycles. The smallest absolute Gasteiger partial charge is 0.218 e. The van der Waals surface area contributed by atoms with Gasteiger partial charge in [-0.05, 0) is 23.8 Å². The molecule has 1 N–H and O–H groups in total. The molecule has 0 radical (unpaired) electrons. The molecule has 0 aliphatic carbocycles. The number of ether oxygens (including phenoxy) is 1. The zero-order valence-electron chi connectivity index (χ0n) is 14.7. The number of benzene rings is 1. The van der Waals surface area contributed by atoms with Gasteiger partial charge in [-0.3, -0.25) is 0 Å². The zero-order valence-corrected chi connectivity index (χ0v) is 15.6. The van der Waals surface area contributed by atoms with Crippen LogP contribution in [0, 0.1) is 0 Å². The minimum Gasteiger partial charge on any atom is -0.495 e. The minimum absolute atomic E-state index is 0.0516. The summed E-state index contributed by atoms with van der Waals surface area (Å²) in [4.78, 5) is 8.56. The number of methoxy groups -OCH3 is 1. The summed E-state index contributed by atoms with van der Waals surface area (Å²) in [5.74, 6) is 2.22. The van der Waals surface area contributed by atoms with E-state index in [1.54, 1.807) is 19.5 Å². The Morgan fingerprint density at radius 1 is 1.20 bits per heavy atom. The lowest BCUT2D eigenvalue weighted by atomic mass is 9.94. The Hall–Kier alpha value is -2.60. The second kappa shape index (κ2) is 7.11. The van der Waals surface area contributed by atoms with Crippen molar-refractivity contribution in [1.29, 1.82) is 0 Å². The first-order valence-corrected chi connectivity index (χ1v) is 8.82. The van der Waals surface area contributed by atoms with Crippen molar-refractivity contribution < 1.29 is 9.15 Å². The van der Waals surface area contributed by atoms with E-state index in [0.717, 1.165) is 27.9 Å². The second-order valence-corrected chi connectivity index (χ2v) is 7.46. The lowest BCUT2D eigenvalue weighted by Gasteiger charge is -2.12. The zero-order chi connectivity index (χ0) is 17.9. The average Bonchev–Trinajstić information content (AvgIpc) is 3.24. The average molecular weight is 355 g/mol. The number of aromatic nitrogens is 2. The van der Waals surface area contributed by atoms with Crippen LogP contribution in [0.15, 0.2) is 40.4 Å². The normalized spacial score (nSPS) is 11.8. The maximum atomic E-state index is 5.78. The summed E-state index contributed by atoms with van der Waals surface area (Å²) in [5, 5.41) is 6.02. The lowest BCUT2D eigenvalue weighted by Crippen LogP contribution is -2.09. The molecule has 5 nitrogen and oxygen atoms in total. The highest BCUT2D eigenvalue weighted by atomic mass is 32.1. The van der Waals surface area contributed by atoms with Gasteiger partial charge in [0.05, 0.1) is 19.0 Å². The number of thiazole rings is 1. The molecule has 0 bridgehead atoms. The molecule has 25 heavy (non-hydrogen) atoms. The number of oxazole rings is 1. The van der Waals surface area contributed by atoms with E-state index in [1.165, 1.54) is 11.3 Å². The van der Waals surface area contributed by atoms with E-state index in [2.05, 4.69) is 36.1 Å². The molecule has 0 unspecified atom stereocenters. The summed E-state index contributed by atoms with van der Waals surface area (Å²) < 4.78 is 11.2. The molecular formula is C19H21N3O2S. The third kappa shape index (κ3) is 4.28. The van der Waals surface area contributed by atoms with Crippen molar-refractivity contribution in [3.63, 3.8) is 0 Å². The Morgan fingerprint density at radius 2 is 2.04 bits per heavy atom. The second-order valence-electron chi connectivity index (χ2n) is 6.57. The first kappa shape index (κ1) is 17.2. The van der Waals surface area contributed by atoms with E-state index in [-0.39, 0.29) is 5.41 Å².